The molecule has 0 fully saturated rings. The van der Waals surface area contributed by atoms with E-state index in [9.17, 15) is 4.79 Å². The average molecular weight is 626 g/mol. The molecule has 0 N–H and O–H groups in total. The smallest absolute Gasteiger partial charge is 0.418 e. The first-order valence-corrected chi connectivity index (χ1v) is 18.3. The number of rotatable bonds is 8. The van der Waals surface area contributed by atoms with Crippen molar-refractivity contribution < 1.29 is 14.0 Å². The summed E-state index contributed by atoms with van der Waals surface area (Å²) in [5, 5.41) is 2.31. The summed E-state index contributed by atoms with van der Waals surface area (Å²) < 4.78 is 13.8. The standard InChI is InChI=1S/C41H43NO3Si/c1-41(2,3)46(36-26-12-6-13-27-36,37-28-14-7-15-29-37)45-38-30-18-21-32-19-16-17-20-33(39(32)38)31-44-40(43)42(34-22-8-4-9-23-34)35-24-10-5-11-25-35/h4-15,18,21-30,33H,16-17,19-20,31H2,1-3H3. The Morgan fingerprint density at radius 3 is 1.74 bits per heavy atom. The van der Waals surface area contributed by atoms with Gasteiger partial charge >= 0.3 is 14.4 Å². The number of ether oxygens (including phenoxy) is 1. The second-order valence-corrected chi connectivity index (χ2v) is 17.3. The number of amides is 1. The van der Waals surface area contributed by atoms with E-state index in [0.717, 1.165) is 42.8 Å². The third-order valence-corrected chi connectivity index (χ3v) is 14.0. The molecule has 0 saturated carbocycles. The van der Waals surface area contributed by atoms with Gasteiger partial charge in [0.25, 0.3) is 0 Å². The maximum Gasteiger partial charge on any atom is 0.418 e. The van der Waals surface area contributed by atoms with Gasteiger partial charge in [-0.2, -0.15) is 0 Å². The summed E-state index contributed by atoms with van der Waals surface area (Å²) in [6.07, 6.45) is 3.70. The molecule has 0 aromatic heterocycles. The van der Waals surface area contributed by atoms with E-state index in [2.05, 4.69) is 99.6 Å². The van der Waals surface area contributed by atoms with E-state index >= 15 is 0 Å². The van der Waals surface area contributed by atoms with Crippen LogP contribution in [0.15, 0.2) is 140 Å². The van der Waals surface area contributed by atoms with Gasteiger partial charge in [0.15, 0.2) is 0 Å². The van der Waals surface area contributed by atoms with Crippen LogP contribution < -0.4 is 19.7 Å². The fraction of sp³-hybridized carbons (Fsp3) is 0.244. The first kappa shape index (κ1) is 31.4. The molecule has 1 unspecified atom stereocenters. The van der Waals surface area contributed by atoms with E-state index in [1.54, 1.807) is 4.90 Å². The summed E-state index contributed by atoms with van der Waals surface area (Å²) in [6, 6.07) is 47.4. The molecule has 5 heteroatoms. The molecule has 0 saturated heterocycles. The van der Waals surface area contributed by atoms with E-state index < -0.39 is 8.32 Å². The van der Waals surface area contributed by atoms with Crippen LogP contribution in [0.2, 0.25) is 5.04 Å². The Labute approximate surface area is 274 Å². The predicted molar refractivity (Wildman–Crippen MR) is 191 cm³/mol. The van der Waals surface area contributed by atoms with Crippen LogP contribution in [0.1, 0.15) is 57.1 Å². The maximum absolute atomic E-state index is 13.9. The molecular formula is C41H43NO3Si. The maximum atomic E-state index is 13.9. The average Bonchev–Trinajstić information content (AvgIpc) is 3.30. The Morgan fingerprint density at radius 2 is 1.22 bits per heavy atom. The zero-order chi connectivity index (χ0) is 32.0. The molecule has 1 atom stereocenters. The highest BCUT2D eigenvalue weighted by Crippen LogP contribution is 2.43. The highest BCUT2D eigenvalue weighted by molar-refractivity contribution is 7.00. The van der Waals surface area contributed by atoms with Crippen molar-refractivity contribution in [1.29, 1.82) is 0 Å². The van der Waals surface area contributed by atoms with E-state index in [1.165, 1.54) is 21.5 Å². The van der Waals surface area contributed by atoms with Crippen molar-refractivity contribution in [1.82, 2.24) is 0 Å². The molecule has 0 aliphatic heterocycles. The molecule has 6 rings (SSSR count). The van der Waals surface area contributed by atoms with Gasteiger partial charge in [0.1, 0.15) is 12.4 Å². The van der Waals surface area contributed by atoms with E-state index in [4.69, 9.17) is 9.16 Å². The Hall–Kier alpha value is -4.61. The van der Waals surface area contributed by atoms with Crippen molar-refractivity contribution in [2.45, 2.75) is 57.4 Å². The molecule has 5 aromatic rings. The number of benzene rings is 5. The summed E-state index contributed by atoms with van der Waals surface area (Å²) >= 11 is 0. The number of hydrogen-bond donors (Lipinski definition) is 0. The molecule has 0 spiro atoms. The quantitative estimate of drug-likeness (QED) is 0.127. The molecule has 1 aliphatic rings. The van der Waals surface area contributed by atoms with Gasteiger partial charge in [0, 0.05) is 11.5 Å². The predicted octanol–water partition coefficient (Wildman–Crippen LogP) is 9.41. The summed E-state index contributed by atoms with van der Waals surface area (Å²) in [6.45, 7) is 7.20. The fourth-order valence-corrected chi connectivity index (χ4v) is 11.4. The lowest BCUT2D eigenvalue weighted by atomic mass is 9.92. The van der Waals surface area contributed by atoms with Crippen LogP contribution in [-0.4, -0.2) is 21.0 Å². The molecule has 46 heavy (non-hydrogen) atoms. The second kappa shape index (κ2) is 13.8. The zero-order valence-electron chi connectivity index (χ0n) is 27.1. The first-order valence-electron chi connectivity index (χ1n) is 16.4. The van der Waals surface area contributed by atoms with Gasteiger partial charge < -0.3 is 9.16 Å². The lowest BCUT2D eigenvalue weighted by Crippen LogP contribution is -2.69. The van der Waals surface area contributed by atoms with Crippen molar-refractivity contribution in [3.05, 3.63) is 151 Å². The van der Waals surface area contributed by atoms with Crippen LogP contribution in [0.5, 0.6) is 5.75 Å². The largest absolute Gasteiger partial charge is 0.534 e. The first-order chi connectivity index (χ1) is 22.4. The molecular weight excluding hydrogens is 583 g/mol. The van der Waals surface area contributed by atoms with Gasteiger partial charge in [-0.15, -0.1) is 0 Å². The van der Waals surface area contributed by atoms with Crippen LogP contribution in [0.4, 0.5) is 16.2 Å². The number of fused-ring (bicyclic) bond motifs is 1. The Morgan fingerprint density at radius 1 is 0.696 bits per heavy atom. The van der Waals surface area contributed by atoms with E-state index in [0.29, 0.717) is 0 Å². The van der Waals surface area contributed by atoms with Crippen LogP contribution in [0.3, 0.4) is 0 Å². The van der Waals surface area contributed by atoms with Gasteiger partial charge in [0.2, 0.25) is 0 Å². The monoisotopic (exact) mass is 625 g/mol. The molecule has 234 valence electrons. The molecule has 0 radical (unpaired) electrons. The van der Waals surface area contributed by atoms with Crippen LogP contribution in [-0.2, 0) is 11.2 Å². The summed E-state index contributed by atoms with van der Waals surface area (Å²) in [7, 11) is -2.86. The molecule has 4 nitrogen and oxygen atoms in total. The Kier molecular flexibility index (Phi) is 9.41. The Balaban J connectivity index is 1.38. The number of anilines is 2. The third-order valence-electron chi connectivity index (χ3n) is 9.11. The summed E-state index contributed by atoms with van der Waals surface area (Å²) in [5.74, 6) is 0.932. The molecule has 0 bridgehead atoms. The molecule has 5 aromatic carbocycles. The zero-order valence-corrected chi connectivity index (χ0v) is 28.1. The van der Waals surface area contributed by atoms with Crippen molar-refractivity contribution in [3.63, 3.8) is 0 Å². The summed E-state index contributed by atoms with van der Waals surface area (Å²) in [5.41, 5.74) is 4.02. The van der Waals surface area contributed by atoms with Gasteiger partial charge in [-0.25, -0.2) is 9.69 Å². The normalized spacial score (nSPS) is 14.9. The molecule has 0 heterocycles. The van der Waals surface area contributed by atoms with Crippen molar-refractivity contribution in [2.75, 3.05) is 11.5 Å². The highest BCUT2D eigenvalue weighted by Gasteiger charge is 2.52. The number of para-hydroxylation sites is 2. The van der Waals surface area contributed by atoms with Gasteiger partial charge in [0.05, 0.1) is 11.4 Å². The van der Waals surface area contributed by atoms with Gasteiger partial charge in [-0.3, -0.25) is 0 Å². The highest BCUT2D eigenvalue weighted by atomic mass is 28.4. The minimum Gasteiger partial charge on any atom is -0.534 e. The lowest BCUT2D eigenvalue weighted by Gasteiger charge is -2.43. The third kappa shape index (κ3) is 6.38. The van der Waals surface area contributed by atoms with Crippen LogP contribution in [0, 0.1) is 0 Å². The second-order valence-electron chi connectivity index (χ2n) is 13.1. The molecule has 1 amide bonds. The minimum absolute atomic E-state index is 0.0178. The minimum atomic E-state index is -2.86. The fourth-order valence-electron chi connectivity index (χ4n) is 6.94. The number of aryl methyl sites for hydroxylation is 1. The van der Waals surface area contributed by atoms with E-state index in [1.807, 2.05) is 60.7 Å². The van der Waals surface area contributed by atoms with Crippen molar-refractivity contribution >= 4 is 36.2 Å². The van der Waals surface area contributed by atoms with Gasteiger partial charge in [-0.05, 0) is 70.6 Å². The van der Waals surface area contributed by atoms with Crippen LogP contribution in [0.25, 0.3) is 0 Å². The topological polar surface area (TPSA) is 38.8 Å². The Bertz CT molecular complexity index is 1640. The molecule has 1 aliphatic carbocycles. The van der Waals surface area contributed by atoms with E-state index in [-0.39, 0.29) is 23.7 Å². The van der Waals surface area contributed by atoms with Crippen LogP contribution >= 0.6 is 0 Å². The number of carbonyl (C=O) groups excluding carboxylic acids is 1. The summed E-state index contributed by atoms with van der Waals surface area (Å²) in [4.78, 5) is 15.5. The van der Waals surface area contributed by atoms with Crippen molar-refractivity contribution in [3.8, 4) is 5.75 Å². The number of nitrogens with zero attached hydrogens (tertiary/aromatic N) is 1. The SMILES string of the molecule is CC(C)(C)[Si](Oc1cccc2c1C(COC(=O)N(c1ccccc1)c1ccccc1)CCCC2)(c1ccccc1)c1ccccc1. The van der Waals surface area contributed by atoms with Crippen molar-refractivity contribution in [2.24, 2.45) is 0 Å². The number of hydrogen-bond acceptors (Lipinski definition) is 3. The van der Waals surface area contributed by atoms with Gasteiger partial charge in [-0.1, -0.05) is 136 Å². The number of carbonyl (C=O) groups is 1. The lowest BCUT2D eigenvalue weighted by molar-refractivity contribution is 0.146.